The minimum Gasteiger partial charge on any atom is -0.378 e. The second-order valence-electron chi connectivity index (χ2n) is 5.85. The maximum Gasteiger partial charge on any atom is 0.223 e. The van der Waals surface area contributed by atoms with E-state index in [0.717, 1.165) is 64.9 Å². The van der Waals surface area contributed by atoms with Gasteiger partial charge in [-0.3, -0.25) is 9.69 Å². The number of carbonyl (C=O) groups is 1. The highest BCUT2D eigenvalue weighted by Crippen LogP contribution is 2.23. The third-order valence-electron chi connectivity index (χ3n) is 4.22. The second-order valence-corrected chi connectivity index (χ2v) is 5.85. The van der Waals surface area contributed by atoms with Gasteiger partial charge in [-0.1, -0.05) is 25.5 Å². The molecule has 1 saturated heterocycles. The Morgan fingerprint density at radius 2 is 2.35 bits per heavy atom. The minimum atomic E-state index is 0.154. The number of hydrogen-bond acceptors (Lipinski definition) is 3. The summed E-state index contributed by atoms with van der Waals surface area (Å²) < 4.78 is 5.70. The molecule has 4 heteroatoms. The number of carbonyl (C=O) groups excluding carboxylic acids is 1. The smallest absolute Gasteiger partial charge is 0.223 e. The van der Waals surface area contributed by atoms with Gasteiger partial charge in [-0.2, -0.15) is 0 Å². The maximum atomic E-state index is 12.2. The number of hydrogen-bond donors (Lipinski definition) is 1. The fourth-order valence-corrected chi connectivity index (χ4v) is 3.02. The largest absolute Gasteiger partial charge is 0.378 e. The van der Waals surface area contributed by atoms with Gasteiger partial charge >= 0.3 is 0 Å². The molecule has 0 spiro atoms. The fraction of sp³-hybridized carbons (Fsp3) is 0.812. The van der Waals surface area contributed by atoms with E-state index < -0.39 is 0 Å². The van der Waals surface area contributed by atoms with Crippen molar-refractivity contribution in [2.24, 2.45) is 5.92 Å². The molecule has 2 aliphatic heterocycles. The zero-order valence-corrected chi connectivity index (χ0v) is 12.6. The number of ether oxygens (including phenoxy) is 1. The van der Waals surface area contributed by atoms with E-state index in [0.29, 0.717) is 0 Å². The molecule has 0 aromatic heterocycles. The summed E-state index contributed by atoms with van der Waals surface area (Å²) in [4.78, 5) is 14.6. The van der Waals surface area contributed by atoms with Gasteiger partial charge in [0.25, 0.3) is 0 Å². The summed E-state index contributed by atoms with van der Waals surface area (Å²) in [5, 5.41) is 3.10. The first-order valence-corrected chi connectivity index (χ1v) is 8.06. The zero-order chi connectivity index (χ0) is 14.2. The Bertz CT molecular complexity index is 328. The van der Waals surface area contributed by atoms with E-state index in [1.54, 1.807) is 0 Å². The van der Waals surface area contributed by atoms with E-state index in [1.807, 2.05) is 0 Å². The first-order valence-electron chi connectivity index (χ1n) is 8.06. The van der Waals surface area contributed by atoms with Gasteiger partial charge < -0.3 is 10.1 Å². The lowest BCUT2D eigenvalue weighted by molar-refractivity contribution is -0.130. The van der Waals surface area contributed by atoms with Gasteiger partial charge in [0.1, 0.15) is 0 Å². The lowest BCUT2D eigenvalue weighted by Gasteiger charge is -2.29. The van der Waals surface area contributed by atoms with Gasteiger partial charge in [-0.05, 0) is 25.7 Å². The normalized spacial score (nSPS) is 27.4. The molecule has 0 aromatic rings. The molecule has 0 aromatic carbocycles. The van der Waals surface area contributed by atoms with Crippen molar-refractivity contribution >= 4 is 5.91 Å². The number of amides is 1. The summed E-state index contributed by atoms with van der Waals surface area (Å²) >= 11 is 0. The van der Waals surface area contributed by atoms with E-state index >= 15 is 0 Å². The highest BCUT2D eigenvalue weighted by molar-refractivity contribution is 5.78. The summed E-state index contributed by atoms with van der Waals surface area (Å²) in [7, 11) is 0. The number of nitrogens with zero attached hydrogens (tertiary/aromatic N) is 1. The van der Waals surface area contributed by atoms with Gasteiger partial charge in [0.05, 0.1) is 6.10 Å². The molecule has 2 aliphatic rings. The first kappa shape index (κ1) is 15.5. The van der Waals surface area contributed by atoms with Crippen molar-refractivity contribution in [2.75, 3.05) is 32.8 Å². The fourth-order valence-electron chi connectivity index (χ4n) is 3.02. The van der Waals surface area contributed by atoms with Crippen molar-refractivity contribution in [3.63, 3.8) is 0 Å². The van der Waals surface area contributed by atoms with Crippen LogP contribution in [0.5, 0.6) is 0 Å². The van der Waals surface area contributed by atoms with Crippen LogP contribution in [0.15, 0.2) is 12.2 Å². The summed E-state index contributed by atoms with van der Waals surface area (Å²) in [5.74, 6) is 0.378. The SMILES string of the molecule is CCC[C@H]1C[C@H](C(=O)NCCN2CC=CCC2)CCO1. The lowest BCUT2D eigenvalue weighted by Crippen LogP contribution is -2.41. The zero-order valence-electron chi connectivity index (χ0n) is 12.6. The molecule has 4 nitrogen and oxygen atoms in total. The van der Waals surface area contributed by atoms with E-state index in [1.165, 1.54) is 0 Å². The predicted octanol–water partition coefficient (Wildman–Crippen LogP) is 1.96. The first-order chi connectivity index (χ1) is 9.79. The molecule has 0 radical (unpaired) electrons. The number of rotatable bonds is 6. The Hall–Kier alpha value is -0.870. The summed E-state index contributed by atoms with van der Waals surface area (Å²) in [5.41, 5.74) is 0. The third-order valence-corrected chi connectivity index (χ3v) is 4.22. The quantitative estimate of drug-likeness (QED) is 0.756. The molecular formula is C16H28N2O2. The summed E-state index contributed by atoms with van der Waals surface area (Å²) in [6.07, 6.45) is 9.82. The topological polar surface area (TPSA) is 41.6 Å². The van der Waals surface area contributed by atoms with Crippen LogP contribution >= 0.6 is 0 Å². The van der Waals surface area contributed by atoms with Crippen LogP contribution in [0.3, 0.4) is 0 Å². The molecule has 20 heavy (non-hydrogen) atoms. The van der Waals surface area contributed by atoms with E-state index in [9.17, 15) is 4.79 Å². The molecule has 1 N–H and O–H groups in total. The van der Waals surface area contributed by atoms with Crippen LogP contribution in [0.1, 0.15) is 39.0 Å². The Kier molecular flexibility index (Phi) is 6.54. The van der Waals surface area contributed by atoms with Crippen LogP contribution < -0.4 is 5.32 Å². The molecule has 2 rings (SSSR count). The molecule has 114 valence electrons. The maximum absolute atomic E-state index is 12.2. The van der Waals surface area contributed by atoms with Crippen LogP contribution in [0.4, 0.5) is 0 Å². The predicted molar refractivity (Wildman–Crippen MR) is 80.6 cm³/mol. The molecule has 0 unspecified atom stereocenters. The summed E-state index contributed by atoms with van der Waals surface area (Å²) in [6.45, 7) is 6.76. The Labute approximate surface area is 122 Å². The highest BCUT2D eigenvalue weighted by Gasteiger charge is 2.27. The van der Waals surface area contributed by atoms with Crippen molar-refractivity contribution in [2.45, 2.75) is 45.1 Å². The molecule has 0 bridgehead atoms. The summed E-state index contributed by atoms with van der Waals surface area (Å²) in [6, 6.07) is 0. The molecule has 2 atom stereocenters. The molecule has 0 saturated carbocycles. The molecular weight excluding hydrogens is 252 g/mol. The van der Waals surface area contributed by atoms with Crippen molar-refractivity contribution in [3.05, 3.63) is 12.2 Å². The lowest BCUT2D eigenvalue weighted by atomic mass is 9.93. The molecule has 2 heterocycles. The van der Waals surface area contributed by atoms with Crippen LogP contribution in [0.2, 0.25) is 0 Å². The average Bonchev–Trinajstić information content (AvgIpc) is 2.49. The molecule has 1 fully saturated rings. The van der Waals surface area contributed by atoms with Crippen LogP contribution in [0, 0.1) is 5.92 Å². The van der Waals surface area contributed by atoms with Gasteiger partial charge in [0, 0.05) is 38.7 Å². The second kappa shape index (κ2) is 8.42. The number of nitrogens with one attached hydrogen (secondary N) is 1. The standard InChI is InChI=1S/C16H28N2O2/c1-2-6-15-13-14(7-12-20-15)16(19)17-8-11-18-9-4-3-5-10-18/h3-4,14-15H,2,5-13H2,1H3,(H,17,19)/t14-,15+/m1/s1. The Morgan fingerprint density at radius 1 is 1.45 bits per heavy atom. The average molecular weight is 280 g/mol. The van der Waals surface area contributed by atoms with Gasteiger partial charge in [0.2, 0.25) is 5.91 Å². The van der Waals surface area contributed by atoms with Gasteiger partial charge in [0.15, 0.2) is 0 Å². The van der Waals surface area contributed by atoms with E-state index in [2.05, 4.69) is 29.3 Å². The third kappa shape index (κ3) is 4.91. The van der Waals surface area contributed by atoms with Gasteiger partial charge in [-0.25, -0.2) is 0 Å². The van der Waals surface area contributed by atoms with Crippen molar-refractivity contribution in [1.82, 2.24) is 10.2 Å². The molecule has 0 aliphatic carbocycles. The monoisotopic (exact) mass is 280 g/mol. The van der Waals surface area contributed by atoms with Crippen LogP contribution in [-0.2, 0) is 9.53 Å². The van der Waals surface area contributed by atoms with Crippen molar-refractivity contribution < 1.29 is 9.53 Å². The molecule has 1 amide bonds. The van der Waals surface area contributed by atoms with Crippen molar-refractivity contribution in [3.8, 4) is 0 Å². The van der Waals surface area contributed by atoms with Crippen molar-refractivity contribution in [1.29, 1.82) is 0 Å². The highest BCUT2D eigenvalue weighted by atomic mass is 16.5. The Morgan fingerprint density at radius 3 is 3.10 bits per heavy atom. The van der Waals surface area contributed by atoms with E-state index in [4.69, 9.17) is 4.74 Å². The van der Waals surface area contributed by atoms with Gasteiger partial charge in [-0.15, -0.1) is 0 Å². The Balaban J connectivity index is 1.64. The van der Waals surface area contributed by atoms with Crippen LogP contribution in [-0.4, -0.2) is 49.7 Å². The minimum absolute atomic E-state index is 0.154. The van der Waals surface area contributed by atoms with E-state index in [-0.39, 0.29) is 17.9 Å². The van der Waals surface area contributed by atoms with Crippen LogP contribution in [0.25, 0.3) is 0 Å².